The third kappa shape index (κ3) is 3.07. The van der Waals surface area contributed by atoms with Crippen molar-refractivity contribution in [3.63, 3.8) is 0 Å². The minimum Gasteiger partial charge on any atom is -0.508 e. The van der Waals surface area contributed by atoms with Crippen LogP contribution in [-0.4, -0.2) is 20.4 Å². The van der Waals surface area contributed by atoms with Gasteiger partial charge >= 0.3 is 0 Å². The van der Waals surface area contributed by atoms with Crippen molar-refractivity contribution >= 4 is 21.5 Å². The molecule has 4 heteroatoms. The largest absolute Gasteiger partial charge is 0.508 e. The highest BCUT2D eigenvalue weighted by Gasteiger charge is 2.12. The summed E-state index contributed by atoms with van der Waals surface area (Å²) in [5, 5.41) is 43.6. The van der Waals surface area contributed by atoms with Gasteiger partial charge in [0.1, 0.15) is 11.5 Å². The molecule has 0 heterocycles. The summed E-state index contributed by atoms with van der Waals surface area (Å²) in [4.78, 5) is 0. The molecule has 4 nitrogen and oxygen atoms in total. The van der Waals surface area contributed by atoms with Crippen molar-refractivity contribution in [1.29, 1.82) is 0 Å². The third-order valence-electron chi connectivity index (χ3n) is 5.42. The zero-order valence-electron chi connectivity index (χ0n) is 15.8. The maximum absolute atomic E-state index is 10.2. The van der Waals surface area contributed by atoms with Gasteiger partial charge in [-0.1, -0.05) is 12.1 Å². The van der Waals surface area contributed by atoms with Gasteiger partial charge in [-0.15, -0.1) is 0 Å². The lowest BCUT2D eigenvalue weighted by atomic mass is 9.93. The van der Waals surface area contributed by atoms with E-state index in [0.717, 1.165) is 43.8 Å². The van der Waals surface area contributed by atoms with Crippen LogP contribution in [-0.2, 0) is 12.8 Å². The van der Waals surface area contributed by atoms with Gasteiger partial charge in [0.25, 0.3) is 0 Å². The highest BCUT2D eigenvalue weighted by Crippen LogP contribution is 2.35. The minimum atomic E-state index is -0.136. The second kappa shape index (κ2) is 6.64. The standard InChI is InChI=1S/C24H22O4/c1-13-3-4-15(22-12-24(28)23(27)11-20(13)22)5-6-16-8-18(26)9-19-14(2)7-17(25)10-21(16)19/h3-4,7-12,25-28H,5-6H2,1-2H3. The van der Waals surface area contributed by atoms with Crippen LogP contribution in [0.15, 0.2) is 48.5 Å². The molecule has 0 saturated carbocycles. The van der Waals surface area contributed by atoms with Gasteiger partial charge in [0.2, 0.25) is 0 Å². The molecule has 0 saturated heterocycles. The van der Waals surface area contributed by atoms with Gasteiger partial charge in [-0.25, -0.2) is 0 Å². The summed E-state index contributed by atoms with van der Waals surface area (Å²) < 4.78 is 0. The van der Waals surface area contributed by atoms with Crippen LogP contribution < -0.4 is 0 Å². The van der Waals surface area contributed by atoms with E-state index in [9.17, 15) is 20.4 Å². The highest BCUT2D eigenvalue weighted by atomic mass is 16.3. The predicted molar refractivity (Wildman–Crippen MR) is 111 cm³/mol. The molecule has 0 amide bonds. The first kappa shape index (κ1) is 18.0. The molecule has 4 aromatic rings. The summed E-state index contributed by atoms with van der Waals surface area (Å²) in [5.74, 6) is 0.145. The number of hydrogen-bond acceptors (Lipinski definition) is 4. The minimum absolute atomic E-state index is 0.127. The van der Waals surface area contributed by atoms with Crippen LogP contribution in [0.4, 0.5) is 0 Å². The van der Waals surface area contributed by atoms with Gasteiger partial charge in [0.05, 0.1) is 0 Å². The van der Waals surface area contributed by atoms with Gasteiger partial charge in [-0.05, 0) is 107 Å². The summed E-state index contributed by atoms with van der Waals surface area (Å²) in [6.07, 6.45) is 1.35. The van der Waals surface area contributed by atoms with E-state index in [-0.39, 0.29) is 23.0 Å². The number of aryl methyl sites for hydroxylation is 4. The Labute approximate surface area is 162 Å². The van der Waals surface area contributed by atoms with Crippen LogP contribution in [0.1, 0.15) is 22.3 Å². The second-order valence-corrected chi connectivity index (χ2v) is 7.39. The Morgan fingerprint density at radius 3 is 1.82 bits per heavy atom. The highest BCUT2D eigenvalue weighted by molar-refractivity contribution is 5.92. The summed E-state index contributed by atoms with van der Waals surface area (Å²) in [5.41, 5.74) is 3.93. The van der Waals surface area contributed by atoms with E-state index in [4.69, 9.17) is 0 Å². The molecule has 0 fully saturated rings. The van der Waals surface area contributed by atoms with Crippen molar-refractivity contribution in [1.82, 2.24) is 0 Å². The van der Waals surface area contributed by atoms with E-state index in [1.165, 1.54) is 0 Å². The molecule has 0 aliphatic heterocycles. The summed E-state index contributed by atoms with van der Waals surface area (Å²) in [6, 6.07) is 14.1. The smallest absolute Gasteiger partial charge is 0.158 e. The van der Waals surface area contributed by atoms with Gasteiger partial charge in [-0.2, -0.15) is 0 Å². The molecular formula is C24H22O4. The first-order valence-corrected chi connectivity index (χ1v) is 9.23. The molecule has 0 bridgehead atoms. The number of phenols is 4. The maximum atomic E-state index is 10.2. The Kier molecular flexibility index (Phi) is 4.27. The fraction of sp³-hybridized carbons (Fsp3) is 0.167. The first-order chi connectivity index (χ1) is 13.3. The number of rotatable bonds is 3. The number of aromatic hydroxyl groups is 4. The Morgan fingerprint density at radius 1 is 0.536 bits per heavy atom. The van der Waals surface area contributed by atoms with E-state index in [1.54, 1.807) is 36.4 Å². The molecule has 142 valence electrons. The Bertz CT molecular complexity index is 1220. The van der Waals surface area contributed by atoms with Gasteiger partial charge in [-0.3, -0.25) is 0 Å². The maximum Gasteiger partial charge on any atom is 0.158 e. The van der Waals surface area contributed by atoms with Crippen LogP contribution in [0.2, 0.25) is 0 Å². The van der Waals surface area contributed by atoms with Crippen molar-refractivity contribution in [2.45, 2.75) is 26.7 Å². The van der Waals surface area contributed by atoms with Crippen molar-refractivity contribution in [2.75, 3.05) is 0 Å². The van der Waals surface area contributed by atoms with E-state index in [2.05, 4.69) is 0 Å². The Hall–Kier alpha value is -3.40. The monoisotopic (exact) mass is 374 g/mol. The number of phenolic OH excluding ortho intramolecular Hbond substituents is 4. The number of hydrogen-bond donors (Lipinski definition) is 4. The van der Waals surface area contributed by atoms with Gasteiger partial charge in [0, 0.05) is 0 Å². The predicted octanol–water partition coefficient (Wildman–Crippen LogP) is 5.22. The molecular weight excluding hydrogens is 352 g/mol. The van der Waals surface area contributed by atoms with E-state index in [0.29, 0.717) is 12.8 Å². The SMILES string of the molecule is Cc1cc(O)cc2c(CCc3ccc(C)c4cc(O)c(O)cc34)cc(O)cc12. The van der Waals surface area contributed by atoms with Crippen molar-refractivity contribution in [2.24, 2.45) is 0 Å². The third-order valence-corrected chi connectivity index (χ3v) is 5.42. The fourth-order valence-corrected chi connectivity index (χ4v) is 3.95. The summed E-state index contributed by atoms with van der Waals surface area (Å²) in [6.45, 7) is 3.88. The van der Waals surface area contributed by atoms with Crippen molar-refractivity contribution in [3.8, 4) is 23.0 Å². The van der Waals surface area contributed by atoms with Gasteiger partial charge in [0.15, 0.2) is 11.5 Å². The van der Waals surface area contributed by atoms with Crippen LogP contribution in [0.25, 0.3) is 21.5 Å². The summed E-state index contributed by atoms with van der Waals surface area (Å²) in [7, 11) is 0. The van der Waals surface area contributed by atoms with E-state index < -0.39 is 0 Å². The van der Waals surface area contributed by atoms with Crippen LogP contribution in [0, 0.1) is 13.8 Å². The number of benzene rings is 4. The topological polar surface area (TPSA) is 80.9 Å². The Morgan fingerprint density at radius 2 is 1.07 bits per heavy atom. The zero-order valence-corrected chi connectivity index (χ0v) is 15.8. The quantitative estimate of drug-likeness (QED) is 0.371. The average Bonchev–Trinajstić information content (AvgIpc) is 2.63. The molecule has 4 N–H and O–H groups in total. The van der Waals surface area contributed by atoms with E-state index in [1.807, 2.05) is 26.0 Å². The average molecular weight is 374 g/mol. The lowest BCUT2D eigenvalue weighted by Crippen LogP contribution is -1.96. The Balaban J connectivity index is 1.78. The molecule has 4 aromatic carbocycles. The molecule has 0 unspecified atom stereocenters. The molecule has 28 heavy (non-hydrogen) atoms. The zero-order chi connectivity index (χ0) is 20.0. The molecule has 0 spiro atoms. The summed E-state index contributed by atoms with van der Waals surface area (Å²) >= 11 is 0. The fourth-order valence-electron chi connectivity index (χ4n) is 3.95. The molecule has 0 radical (unpaired) electrons. The molecule has 0 aromatic heterocycles. The first-order valence-electron chi connectivity index (χ1n) is 9.23. The lowest BCUT2D eigenvalue weighted by molar-refractivity contribution is 0.405. The second-order valence-electron chi connectivity index (χ2n) is 7.39. The van der Waals surface area contributed by atoms with Gasteiger partial charge < -0.3 is 20.4 Å². The van der Waals surface area contributed by atoms with Crippen molar-refractivity contribution < 1.29 is 20.4 Å². The normalized spacial score (nSPS) is 11.4. The molecule has 0 atom stereocenters. The molecule has 4 rings (SSSR count). The molecule has 0 aliphatic rings. The van der Waals surface area contributed by atoms with Crippen LogP contribution >= 0.6 is 0 Å². The van der Waals surface area contributed by atoms with E-state index >= 15 is 0 Å². The van der Waals surface area contributed by atoms with Crippen LogP contribution in [0.5, 0.6) is 23.0 Å². The van der Waals surface area contributed by atoms with Crippen molar-refractivity contribution in [3.05, 3.63) is 70.8 Å². The lowest BCUT2D eigenvalue weighted by Gasteiger charge is -2.13. The van der Waals surface area contributed by atoms with Crippen LogP contribution in [0.3, 0.4) is 0 Å². The number of fused-ring (bicyclic) bond motifs is 2. The molecule has 0 aliphatic carbocycles.